The van der Waals surface area contributed by atoms with Gasteiger partial charge in [0.25, 0.3) is 0 Å². The number of methoxy groups -OCH3 is 1. The Labute approximate surface area is 123 Å². The predicted octanol–water partition coefficient (Wildman–Crippen LogP) is 2.86. The molecule has 1 unspecified atom stereocenters. The maximum absolute atomic E-state index is 10.6. The Hall–Kier alpha value is -2.33. The van der Waals surface area contributed by atoms with Gasteiger partial charge in [0.05, 0.1) is 13.2 Å². The lowest BCUT2D eigenvalue weighted by atomic mass is 9.98. The Kier molecular flexibility index (Phi) is 3.62. The highest BCUT2D eigenvalue weighted by molar-refractivity contribution is 5.91. The molecular weight excluding hydrogens is 264 g/mol. The average molecular weight is 282 g/mol. The Morgan fingerprint density at radius 2 is 1.95 bits per heavy atom. The van der Waals surface area contributed by atoms with Crippen LogP contribution in [0.2, 0.25) is 0 Å². The molecule has 0 aliphatic rings. The van der Waals surface area contributed by atoms with Crippen molar-refractivity contribution in [3.05, 3.63) is 60.2 Å². The van der Waals surface area contributed by atoms with Crippen molar-refractivity contribution < 1.29 is 9.84 Å². The Bertz CT molecular complexity index is 764. The highest BCUT2D eigenvalue weighted by Crippen LogP contribution is 2.32. The first-order chi connectivity index (χ1) is 10.2. The van der Waals surface area contributed by atoms with Crippen LogP contribution in [0, 0.1) is 0 Å². The molecule has 0 saturated carbocycles. The van der Waals surface area contributed by atoms with Crippen LogP contribution in [-0.2, 0) is 13.5 Å². The zero-order chi connectivity index (χ0) is 14.8. The van der Waals surface area contributed by atoms with E-state index in [-0.39, 0.29) is 0 Å². The second-order valence-electron chi connectivity index (χ2n) is 5.08. The van der Waals surface area contributed by atoms with E-state index in [1.165, 1.54) is 0 Å². The molecule has 108 valence electrons. The molecule has 1 atom stereocenters. The third-order valence-corrected chi connectivity index (χ3v) is 3.79. The van der Waals surface area contributed by atoms with Gasteiger partial charge in [-0.05, 0) is 17.0 Å². The molecule has 4 nitrogen and oxygen atoms in total. The van der Waals surface area contributed by atoms with Crippen molar-refractivity contribution in [1.82, 2.24) is 9.55 Å². The number of nitrogens with zero attached hydrogens (tertiary/aromatic N) is 2. The number of benzene rings is 2. The van der Waals surface area contributed by atoms with Gasteiger partial charge in [-0.25, -0.2) is 4.98 Å². The number of fused-ring (bicyclic) bond motifs is 1. The van der Waals surface area contributed by atoms with E-state index in [2.05, 4.69) is 4.98 Å². The van der Waals surface area contributed by atoms with Crippen molar-refractivity contribution in [2.45, 2.75) is 12.5 Å². The molecule has 21 heavy (non-hydrogen) atoms. The smallest absolute Gasteiger partial charge is 0.126 e. The molecule has 0 amide bonds. The van der Waals surface area contributed by atoms with Crippen LogP contribution in [0.15, 0.2) is 48.8 Å². The molecule has 0 bridgehead atoms. The van der Waals surface area contributed by atoms with E-state index in [1.54, 1.807) is 13.3 Å². The van der Waals surface area contributed by atoms with Crippen LogP contribution in [0.4, 0.5) is 0 Å². The zero-order valence-corrected chi connectivity index (χ0v) is 12.2. The second-order valence-corrected chi connectivity index (χ2v) is 5.08. The lowest BCUT2D eigenvalue weighted by Crippen LogP contribution is -2.07. The van der Waals surface area contributed by atoms with Crippen molar-refractivity contribution in [2.24, 2.45) is 7.05 Å². The van der Waals surface area contributed by atoms with Gasteiger partial charge >= 0.3 is 0 Å². The standard InChI is InChI=1S/C17H18N2O2/c1-19-10-9-18-17(19)11-15(20)13-7-8-16(21-2)14-6-4-3-5-12(13)14/h3-10,15,20H,11H2,1-2H3. The lowest BCUT2D eigenvalue weighted by Gasteiger charge is -2.15. The molecule has 1 N–H and O–H groups in total. The summed E-state index contributed by atoms with van der Waals surface area (Å²) in [6.07, 6.45) is 3.52. The highest BCUT2D eigenvalue weighted by Gasteiger charge is 2.15. The van der Waals surface area contributed by atoms with Crippen LogP contribution in [0.25, 0.3) is 10.8 Å². The summed E-state index contributed by atoms with van der Waals surface area (Å²) in [5, 5.41) is 12.6. The molecule has 4 heteroatoms. The third kappa shape index (κ3) is 2.50. The predicted molar refractivity (Wildman–Crippen MR) is 82.4 cm³/mol. The molecule has 3 rings (SSSR count). The summed E-state index contributed by atoms with van der Waals surface area (Å²) in [5.41, 5.74) is 0.898. The number of ether oxygens (including phenoxy) is 1. The molecule has 0 fully saturated rings. The van der Waals surface area contributed by atoms with Crippen LogP contribution in [0.3, 0.4) is 0 Å². The van der Waals surface area contributed by atoms with Crippen LogP contribution >= 0.6 is 0 Å². The molecule has 0 radical (unpaired) electrons. The van der Waals surface area contributed by atoms with E-state index in [9.17, 15) is 5.11 Å². The van der Waals surface area contributed by atoms with Gasteiger partial charge in [-0.15, -0.1) is 0 Å². The molecular formula is C17H18N2O2. The van der Waals surface area contributed by atoms with Crippen molar-refractivity contribution in [2.75, 3.05) is 7.11 Å². The summed E-state index contributed by atoms with van der Waals surface area (Å²) in [4.78, 5) is 4.27. The number of aryl methyl sites for hydroxylation is 1. The van der Waals surface area contributed by atoms with Crippen LogP contribution in [0.5, 0.6) is 5.75 Å². The number of imidazole rings is 1. The number of aromatic nitrogens is 2. The van der Waals surface area contributed by atoms with Crippen LogP contribution in [-0.4, -0.2) is 21.8 Å². The quantitative estimate of drug-likeness (QED) is 0.800. The number of hydrogen-bond acceptors (Lipinski definition) is 3. The summed E-state index contributed by atoms with van der Waals surface area (Å²) in [6, 6.07) is 11.8. The van der Waals surface area contributed by atoms with E-state index in [0.29, 0.717) is 6.42 Å². The van der Waals surface area contributed by atoms with Gasteiger partial charge in [0, 0.05) is 31.2 Å². The van der Waals surface area contributed by atoms with E-state index in [1.807, 2.05) is 54.2 Å². The first-order valence-electron chi connectivity index (χ1n) is 6.90. The van der Waals surface area contributed by atoms with Gasteiger partial charge < -0.3 is 14.4 Å². The summed E-state index contributed by atoms with van der Waals surface area (Å²) < 4.78 is 7.31. The fourth-order valence-corrected chi connectivity index (χ4v) is 2.64. The largest absolute Gasteiger partial charge is 0.496 e. The van der Waals surface area contributed by atoms with Crippen molar-refractivity contribution in [3.8, 4) is 5.75 Å². The Morgan fingerprint density at radius 3 is 2.62 bits per heavy atom. The minimum atomic E-state index is -0.595. The van der Waals surface area contributed by atoms with Crippen molar-refractivity contribution in [1.29, 1.82) is 0 Å². The summed E-state index contributed by atoms with van der Waals surface area (Å²) in [6.45, 7) is 0. The number of aliphatic hydroxyl groups excluding tert-OH is 1. The molecule has 0 aliphatic carbocycles. The van der Waals surface area contributed by atoms with E-state index >= 15 is 0 Å². The molecule has 0 spiro atoms. The zero-order valence-electron chi connectivity index (χ0n) is 12.2. The summed E-state index contributed by atoms with van der Waals surface area (Å²) in [5.74, 6) is 1.68. The minimum absolute atomic E-state index is 0.486. The molecule has 0 saturated heterocycles. The molecule has 1 aromatic heterocycles. The summed E-state index contributed by atoms with van der Waals surface area (Å²) >= 11 is 0. The fourth-order valence-electron chi connectivity index (χ4n) is 2.64. The Morgan fingerprint density at radius 1 is 1.19 bits per heavy atom. The van der Waals surface area contributed by atoms with Gasteiger partial charge in [-0.1, -0.05) is 30.3 Å². The molecule has 1 heterocycles. The fraction of sp³-hybridized carbons (Fsp3) is 0.235. The summed E-state index contributed by atoms with van der Waals surface area (Å²) in [7, 11) is 3.59. The van der Waals surface area contributed by atoms with Crippen molar-refractivity contribution >= 4 is 10.8 Å². The van der Waals surface area contributed by atoms with Gasteiger partial charge in [0.1, 0.15) is 11.6 Å². The highest BCUT2D eigenvalue weighted by atomic mass is 16.5. The number of aliphatic hydroxyl groups is 1. The maximum Gasteiger partial charge on any atom is 0.126 e. The van der Waals surface area contributed by atoms with E-state index in [4.69, 9.17) is 4.74 Å². The number of hydrogen-bond donors (Lipinski definition) is 1. The normalized spacial score (nSPS) is 12.5. The van der Waals surface area contributed by atoms with Gasteiger partial charge in [0.2, 0.25) is 0 Å². The molecule has 2 aromatic carbocycles. The topological polar surface area (TPSA) is 47.3 Å². The van der Waals surface area contributed by atoms with E-state index < -0.39 is 6.10 Å². The molecule has 0 aliphatic heterocycles. The SMILES string of the molecule is COc1ccc(C(O)Cc2nccn2C)c2ccccc12. The first kappa shape index (κ1) is 13.6. The van der Waals surface area contributed by atoms with Crippen molar-refractivity contribution in [3.63, 3.8) is 0 Å². The maximum atomic E-state index is 10.6. The second kappa shape index (κ2) is 5.58. The van der Waals surface area contributed by atoms with E-state index in [0.717, 1.165) is 27.9 Å². The minimum Gasteiger partial charge on any atom is -0.496 e. The third-order valence-electron chi connectivity index (χ3n) is 3.79. The first-order valence-corrected chi connectivity index (χ1v) is 6.90. The van der Waals surface area contributed by atoms with Gasteiger partial charge in [-0.3, -0.25) is 0 Å². The Balaban J connectivity index is 2.02. The number of rotatable bonds is 4. The van der Waals surface area contributed by atoms with Gasteiger partial charge in [0.15, 0.2) is 0 Å². The van der Waals surface area contributed by atoms with Crippen LogP contribution in [0.1, 0.15) is 17.5 Å². The molecule has 3 aromatic rings. The van der Waals surface area contributed by atoms with Gasteiger partial charge in [-0.2, -0.15) is 0 Å². The monoisotopic (exact) mass is 282 g/mol. The lowest BCUT2D eigenvalue weighted by molar-refractivity contribution is 0.176. The average Bonchev–Trinajstić information content (AvgIpc) is 2.91. The van der Waals surface area contributed by atoms with Crippen LogP contribution < -0.4 is 4.74 Å².